The summed E-state index contributed by atoms with van der Waals surface area (Å²) in [5.74, 6) is -0.599. The molecular formula is C15H19ClN4O4. The van der Waals surface area contributed by atoms with Gasteiger partial charge in [0.05, 0.1) is 19.8 Å². The predicted octanol–water partition coefficient (Wildman–Crippen LogP) is 0.603. The van der Waals surface area contributed by atoms with Crippen LogP contribution in [0.1, 0.15) is 11.1 Å². The van der Waals surface area contributed by atoms with Crippen LogP contribution in [0.3, 0.4) is 0 Å². The average Bonchev–Trinajstić information content (AvgIpc) is 2.71. The Morgan fingerprint density at radius 3 is 2.75 bits per heavy atom. The van der Waals surface area contributed by atoms with Crippen molar-refractivity contribution in [2.75, 3.05) is 38.2 Å². The predicted molar refractivity (Wildman–Crippen MR) is 89.6 cm³/mol. The molecule has 1 saturated heterocycles. The van der Waals surface area contributed by atoms with Crippen molar-refractivity contribution in [1.29, 1.82) is 0 Å². The summed E-state index contributed by atoms with van der Waals surface area (Å²) in [6.45, 7) is 3.57. The fourth-order valence-corrected chi connectivity index (χ4v) is 2.65. The van der Waals surface area contributed by atoms with Gasteiger partial charge >= 0.3 is 5.97 Å². The van der Waals surface area contributed by atoms with Gasteiger partial charge in [0.2, 0.25) is 5.91 Å². The van der Waals surface area contributed by atoms with E-state index >= 15 is 0 Å². The fraction of sp³-hybridized carbons (Fsp3) is 0.400. The van der Waals surface area contributed by atoms with Crippen molar-refractivity contribution in [2.24, 2.45) is 0 Å². The molecule has 0 unspecified atom stereocenters. The molecule has 1 aromatic heterocycles. The Kier molecular flexibility index (Phi) is 6.27. The van der Waals surface area contributed by atoms with Crippen molar-refractivity contribution in [3.8, 4) is 0 Å². The minimum atomic E-state index is -1.01. The Hall–Kier alpha value is -2.00. The topological polar surface area (TPSA) is 95.0 Å². The number of fused-ring (bicyclic) bond motifs is 1. The number of rotatable bonds is 3. The molecule has 9 heteroatoms. The summed E-state index contributed by atoms with van der Waals surface area (Å²) in [6.07, 6.45) is 4.10. The van der Waals surface area contributed by atoms with Crippen molar-refractivity contribution in [3.63, 3.8) is 0 Å². The van der Waals surface area contributed by atoms with E-state index in [4.69, 9.17) is 9.84 Å². The lowest BCUT2D eigenvalue weighted by atomic mass is 10.1. The minimum absolute atomic E-state index is 0. The van der Waals surface area contributed by atoms with Crippen LogP contribution in [0.15, 0.2) is 18.3 Å². The summed E-state index contributed by atoms with van der Waals surface area (Å²) < 4.78 is 5.35. The van der Waals surface area contributed by atoms with E-state index in [1.165, 1.54) is 6.08 Å². The molecule has 2 N–H and O–H groups in total. The van der Waals surface area contributed by atoms with E-state index < -0.39 is 5.97 Å². The maximum Gasteiger partial charge on any atom is 0.328 e. The zero-order valence-corrected chi connectivity index (χ0v) is 13.8. The van der Waals surface area contributed by atoms with Crippen molar-refractivity contribution < 1.29 is 19.4 Å². The second-order valence-corrected chi connectivity index (χ2v) is 5.38. The smallest absolute Gasteiger partial charge is 0.328 e. The number of carboxylic acid groups (broad SMARTS) is 1. The lowest BCUT2D eigenvalue weighted by Gasteiger charge is -2.36. The van der Waals surface area contributed by atoms with E-state index in [1.807, 2.05) is 11.1 Å². The van der Waals surface area contributed by atoms with Gasteiger partial charge in [-0.3, -0.25) is 4.79 Å². The SMILES string of the molecule is Cl.O=C(O)/C=C/c1cnc2c(c1)CN(N1CCOCC1)CC(=O)N2. The molecule has 130 valence electrons. The fourth-order valence-electron chi connectivity index (χ4n) is 2.65. The number of hydrogen-bond acceptors (Lipinski definition) is 6. The molecule has 0 aromatic carbocycles. The van der Waals surface area contributed by atoms with Crippen LogP contribution in [-0.2, 0) is 20.9 Å². The molecule has 1 aromatic rings. The zero-order valence-electron chi connectivity index (χ0n) is 13.0. The number of aliphatic carboxylic acids is 1. The first-order valence-electron chi connectivity index (χ1n) is 7.39. The molecule has 0 spiro atoms. The van der Waals surface area contributed by atoms with Crippen molar-refractivity contribution in [1.82, 2.24) is 15.0 Å². The third kappa shape index (κ3) is 4.51. The molecule has 2 aliphatic rings. The number of nitrogens with zero attached hydrogens (tertiary/aromatic N) is 3. The number of ether oxygens (including phenoxy) is 1. The van der Waals surface area contributed by atoms with Crippen LogP contribution in [0.4, 0.5) is 5.82 Å². The molecule has 3 heterocycles. The number of halogens is 1. The molecule has 1 amide bonds. The number of pyridine rings is 1. The number of hydrogen-bond donors (Lipinski definition) is 2. The summed E-state index contributed by atoms with van der Waals surface area (Å²) in [6, 6.07) is 1.85. The summed E-state index contributed by atoms with van der Waals surface area (Å²) >= 11 is 0. The molecule has 0 aliphatic carbocycles. The second-order valence-electron chi connectivity index (χ2n) is 5.38. The summed E-state index contributed by atoms with van der Waals surface area (Å²) in [4.78, 5) is 26.9. The largest absolute Gasteiger partial charge is 0.478 e. The monoisotopic (exact) mass is 354 g/mol. The number of carbonyl (C=O) groups is 2. The Labute approximate surface area is 145 Å². The zero-order chi connectivity index (χ0) is 16.2. The molecule has 1 fully saturated rings. The highest BCUT2D eigenvalue weighted by Crippen LogP contribution is 2.21. The van der Waals surface area contributed by atoms with Crippen LogP contribution in [-0.4, -0.2) is 64.8 Å². The van der Waals surface area contributed by atoms with Gasteiger partial charge in [-0.15, -0.1) is 12.4 Å². The van der Waals surface area contributed by atoms with Crippen molar-refractivity contribution in [3.05, 3.63) is 29.5 Å². The van der Waals surface area contributed by atoms with Gasteiger partial charge in [-0.05, 0) is 17.7 Å². The van der Waals surface area contributed by atoms with Crippen LogP contribution < -0.4 is 5.32 Å². The number of hydrazine groups is 1. The van der Waals surface area contributed by atoms with Crippen LogP contribution in [0, 0.1) is 0 Å². The second kappa shape index (κ2) is 8.20. The Balaban J connectivity index is 0.00000208. The first-order chi connectivity index (χ1) is 11.1. The number of aromatic nitrogens is 1. The normalized spacial score (nSPS) is 19.2. The van der Waals surface area contributed by atoms with Crippen molar-refractivity contribution in [2.45, 2.75) is 6.54 Å². The van der Waals surface area contributed by atoms with Crippen LogP contribution >= 0.6 is 12.4 Å². The molecule has 0 saturated carbocycles. The van der Waals surface area contributed by atoms with Gasteiger partial charge in [0.1, 0.15) is 5.82 Å². The first kappa shape index (κ1) is 18.3. The molecule has 0 atom stereocenters. The van der Waals surface area contributed by atoms with Gasteiger partial charge in [-0.1, -0.05) is 0 Å². The van der Waals surface area contributed by atoms with Crippen LogP contribution in [0.25, 0.3) is 6.08 Å². The standard InChI is InChI=1S/C15H18N4O4.ClH/c20-13-10-19(18-3-5-23-6-4-18)9-12-7-11(1-2-14(21)22)8-16-15(12)17-13;/h1-2,7-8H,3-6,9-10H2,(H,21,22)(H,16,17,20);1H/b2-1+;. The van der Waals surface area contributed by atoms with E-state index in [9.17, 15) is 9.59 Å². The molecule has 3 rings (SSSR count). The van der Waals surface area contributed by atoms with E-state index in [0.717, 1.165) is 24.7 Å². The number of amides is 1. The lowest BCUT2D eigenvalue weighted by Crippen LogP contribution is -2.50. The number of morpholine rings is 1. The summed E-state index contributed by atoms with van der Waals surface area (Å²) in [5, 5.41) is 15.6. The van der Waals surface area contributed by atoms with Crippen molar-refractivity contribution >= 4 is 36.2 Å². The van der Waals surface area contributed by atoms with Gasteiger partial charge in [-0.2, -0.15) is 0 Å². The Morgan fingerprint density at radius 1 is 1.29 bits per heavy atom. The molecule has 8 nitrogen and oxygen atoms in total. The Morgan fingerprint density at radius 2 is 2.04 bits per heavy atom. The van der Waals surface area contributed by atoms with Crippen LogP contribution in [0.2, 0.25) is 0 Å². The van der Waals surface area contributed by atoms with Crippen LogP contribution in [0.5, 0.6) is 0 Å². The van der Waals surface area contributed by atoms with Gasteiger partial charge in [0.15, 0.2) is 0 Å². The van der Waals surface area contributed by atoms with E-state index in [1.54, 1.807) is 6.20 Å². The number of carbonyl (C=O) groups excluding carboxylic acids is 1. The third-order valence-electron chi connectivity index (χ3n) is 3.73. The highest BCUT2D eigenvalue weighted by Gasteiger charge is 2.25. The quantitative estimate of drug-likeness (QED) is 0.767. The Bertz CT molecular complexity index is 646. The number of nitrogens with one attached hydrogen (secondary N) is 1. The van der Waals surface area contributed by atoms with E-state index in [2.05, 4.69) is 15.3 Å². The highest BCUT2D eigenvalue weighted by atomic mass is 35.5. The molecule has 0 bridgehead atoms. The van der Waals surface area contributed by atoms with Gasteiger partial charge < -0.3 is 15.2 Å². The molecule has 24 heavy (non-hydrogen) atoms. The average molecular weight is 355 g/mol. The number of anilines is 1. The molecule has 0 radical (unpaired) electrons. The minimum Gasteiger partial charge on any atom is -0.478 e. The molecular weight excluding hydrogens is 336 g/mol. The third-order valence-corrected chi connectivity index (χ3v) is 3.73. The van der Waals surface area contributed by atoms with Gasteiger partial charge in [-0.25, -0.2) is 19.8 Å². The van der Waals surface area contributed by atoms with Gasteiger partial charge in [0, 0.05) is 37.5 Å². The van der Waals surface area contributed by atoms with E-state index in [0.29, 0.717) is 31.1 Å². The first-order valence-corrected chi connectivity index (χ1v) is 7.39. The van der Waals surface area contributed by atoms with Gasteiger partial charge in [0.25, 0.3) is 0 Å². The lowest BCUT2D eigenvalue weighted by molar-refractivity contribution is -0.131. The maximum atomic E-state index is 12.1. The van der Waals surface area contributed by atoms with E-state index in [-0.39, 0.29) is 24.9 Å². The number of carboxylic acids is 1. The molecule has 2 aliphatic heterocycles. The summed E-state index contributed by atoms with van der Waals surface area (Å²) in [5.41, 5.74) is 1.54. The maximum absolute atomic E-state index is 12.1. The highest BCUT2D eigenvalue weighted by molar-refractivity contribution is 5.93. The summed E-state index contributed by atoms with van der Waals surface area (Å²) in [7, 11) is 0.